The molecule has 100 valence electrons. The van der Waals surface area contributed by atoms with Crippen molar-refractivity contribution in [3.8, 4) is 0 Å². The van der Waals surface area contributed by atoms with E-state index in [4.69, 9.17) is 11.6 Å². The number of benzene rings is 1. The summed E-state index contributed by atoms with van der Waals surface area (Å²) < 4.78 is 0. The fraction of sp³-hybridized carbons (Fsp3) is 0.400. The van der Waals surface area contributed by atoms with E-state index in [1.54, 1.807) is 0 Å². The number of H-pyrrole nitrogens is 1. The molecule has 1 N–H and O–H groups in total. The van der Waals surface area contributed by atoms with Crippen LogP contribution in [-0.4, -0.2) is 28.0 Å². The van der Waals surface area contributed by atoms with Gasteiger partial charge in [-0.05, 0) is 43.5 Å². The van der Waals surface area contributed by atoms with Crippen molar-refractivity contribution < 1.29 is 0 Å². The van der Waals surface area contributed by atoms with Crippen molar-refractivity contribution in [1.29, 1.82) is 0 Å². The lowest BCUT2D eigenvalue weighted by molar-refractivity contribution is 0.323. The minimum Gasteiger partial charge on any atom is -0.345 e. The fourth-order valence-corrected chi connectivity index (χ4v) is 3.00. The zero-order valence-corrected chi connectivity index (χ0v) is 11.8. The Labute approximate surface area is 118 Å². The molecule has 0 unspecified atom stereocenters. The van der Waals surface area contributed by atoms with Crippen molar-refractivity contribution in [3.63, 3.8) is 0 Å². The second-order valence-electron chi connectivity index (χ2n) is 5.27. The summed E-state index contributed by atoms with van der Waals surface area (Å²) in [6, 6.07) is 8.25. The van der Waals surface area contributed by atoms with Gasteiger partial charge in [0, 0.05) is 30.0 Å². The smallest absolute Gasteiger partial charge is 0.103 e. The maximum Gasteiger partial charge on any atom is 0.103 e. The van der Waals surface area contributed by atoms with Gasteiger partial charge in [0.1, 0.15) is 5.82 Å². The van der Waals surface area contributed by atoms with Crippen LogP contribution in [-0.2, 0) is 6.54 Å². The highest BCUT2D eigenvalue weighted by Gasteiger charge is 2.24. The van der Waals surface area contributed by atoms with Gasteiger partial charge in [-0.15, -0.1) is 0 Å². The Morgan fingerprint density at radius 3 is 3.11 bits per heavy atom. The van der Waals surface area contributed by atoms with Crippen LogP contribution in [0, 0.1) is 6.92 Å². The van der Waals surface area contributed by atoms with Crippen LogP contribution in [0.4, 0.5) is 0 Å². The zero-order valence-electron chi connectivity index (χ0n) is 11.1. The number of imidazole rings is 1. The van der Waals surface area contributed by atoms with Gasteiger partial charge in [0.05, 0.1) is 0 Å². The number of aryl methyl sites for hydroxylation is 1. The lowest BCUT2D eigenvalue weighted by Gasteiger charge is -2.15. The number of hydrogen-bond acceptors (Lipinski definition) is 2. The molecule has 1 aromatic heterocycles. The first-order chi connectivity index (χ1) is 9.20. The van der Waals surface area contributed by atoms with Gasteiger partial charge in [0.25, 0.3) is 0 Å². The standard InChI is InChI=1S/C15H18ClN3/c1-11-17-8-15(18-11)10-19-6-5-13(9-19)12-3-2-4-14(16)7-12/h2-4,7-8,13H,5-6,9-10H2,1H3,(H,17,18)/t13-/m0/s1. The summed E-state index contributed by atoms with van der Waals surface area (Å²) in [4.78, 5) is 10.0. The van der Waals surface area contributed by atoms with E-state index in [2.05, 4.69) is 27.0 Å². The lowest BCUT2D eigenvalue weighted by atomic mass is 9.99. The molecule has 0 aliphatic carbocycles. The van der Waals surface area contributed by atoms with Gasteiger partial charge in [-0.25, -0.2) is 4.98 Å². The van der Waals surface area contributed by atoms with Gasteiger partial charge in [0.15, 0.2) is 0 Å². The van der Waals surface area contributed by atoms with E-state index in [9.17, 15) is 0 Å². The maximum absolute atomic E-state index is 6.07. The summed E-state index contributed by atoms with van der Waals surface area (Å²) >= 11 is 6.07. The molecule has 1 aromatic carbocycles. The van der Waals surface area contributed by atoms with Crippen LogP contribution in [0.25, 0.3) is 0 Å². The van der Waals surface area contributed by atoms with E-state index in [0.29, 0.717) is 5.92 Å². The van der Waals surface area contributed by atoms with Crippen LogP contribution < -0.4 is 0 Å². The molecule has 3 nitrogen and oxygen atoms in total. The molecule has 0 spiro atoms. The van der Waals surface area contributed by atoms with Gasteiger partial charge in [-0.1, -0.05) is 23.7 Å². The van der Waals surface area contributed by atoms with Crippen molar-refractivity contribution in [2.75, 3.05) is 13.1 Å². The molecule has 1 fully saturated rings. The van der Waals surface area contributed by atoms with Gasteiger partial charge in [-0.3, -0.25) is 4.90 Å². The molecule has 4 heteroatoms. The molecule has 1 saturated heterocycles. The average molecular weight is 276 g/mol. The Kier molecular flexibility index (Phi) is 3.58. The molecule has 1 aliphatic rings. The summed E-state index contributed by atoms with van der Waals surface area (Å²) in [5.74, 6) is 1.59. The molecule has 1 aliphatic heterocycles. The van der Waals surface area contributed by atoms with Gasteiger partial charge >= 0.3 is 0 Å². The molecule has 2 aromatic rings. The number of nitrogens with one attached hydrogen (secondary N) is 1. The molecule has 3 rings (SSSR count). The van der Waals surface area contributed by atoms with Gasteiger partial charge in [0.2, 0.25) is 0 Å². The third kappa shape index (κ3) is 2.99. The van der Waals surface area contributed by atoms with Crippen molar-refractivity contribution in [3.05, 3.63) is 52.6 Å². The van der Waals surface area contributed by atoms with E-state index in [-0.39, 0.29) is 0 Å². The number of halogens is 1. The summed E-state index contributed by atoms with van der Waals surface area (Å²) in [5.41, 5.74) is 2.56. The highest BCUT2D eigenvalue weighted by Crippen LogP contribution is 2.29. The highest BCUT2D eigenvalue weighted by atomic mass is 35.5. The second kappa shape index (κ2) is 5.35. The molecule has 0 bridgehead atoms. The predicted octanol–water partition coefficient (Wildman–Crippen LogP) is 3.36. The first-order valence-electron chi connectivity index (χ1n) is 6.69. The summed E-state index contributed by atoms with van der Waals surface area (Å²) in [5, 5.41) is 0.833. The van der Waals surface area contributed by atoms with Gasteiger partial charge < -0.3 is 4.98 Å². The topological polar surface area (TPSA) is 31.9 Å². The molecule has 2 heterocycles. The third-order valence-electron chi connectivity index (χ3n) is 3.74. The fourth-order valence-electron chi connectivity index (χ4n) is 2.80. The SMILES string of the molecule is Cc1ncc(CN2CC[C@H](c3cccc(Cl)c3)C2)[nH]1. The minimum absolute atomic E-state index is 0.600. The molecule has 1 atom stereocenters. The van der Waals surface area contributed by atoms with Crippen LogP contribution >= 0.6 is 11.6 Å². The van der Waals surface area contributed by atoms with Crippen LogP contribution in [0.15, 0.2) is 30.5 Å². The monoisotopic (exact) mass is 275 g/mol. The normalized spacial score (nSPS) is 20.0. The summed E-state index contributed by atoms with van der Waals surface area (Å²) in [6.07, 6.45) is 3.13. The average Bonchev–Trinajstić information content (AvgIpc) is 2.99. The Balaban J connectivity index is 1.64. The zero-order chi connectivity index (χ0) is 13.2. The molecule has 19 heavy (non-hydrogen) atoms. The number of hydrogen-bond donors (Lipinski definition) is 1. The van der Waals surface area contributed by atoms with E-state index in [1.807, 2.05) is 25.3 Å². The van der Waals surface area contributed by atoms with E-state index >= 15 is 0 Å². The Morgan fingerprint density at radius 1 is 1.47 bits per heavy atom. The first kappa shape index (κ1) is 12.7. The Bertz CT molecular complexity index is 564. The van der Waals surface area contributed by atoms with Crippen LogP contribution in [0.1, 0.15) is 29.4 Å². The predicted molar refractivity (Wildman–Crippen MR) is 77.4 cm³/mol. The maximum atomic E-state index is 6.07. The lowest BCUT2D eigenvalue weighted by Crippen LogP contribution is -2.19. The molecular weight excluding hydrogens is 258 g/mol. The van der Waals surface area contributed by atoms with Crippen molar-refractivity contribution in [2.45, 2.75) is 25.8 Å². The van der Waals surface area contributed by atoms with Crippen molar-refractivity contribution in [2.24, 2.45) is 0 Å². The van der Waals surface area contributed by atoms with Gasteiger partial charge in [-0.2, -0.15) is 0 Å². The van der Waals surface area contributed by atoms with Crippen LogP contribution in [0.5, 0.6) is 0 Å². The first-order valence-corrected chi connectivity index (χ1v) is 7.07. The van der Waals surface area contributed by atoms with Crippen molar-refractivity contribution in [1.82, 2.24) is 14.9 Å². The third-order valence-corrected chi connectivity index (χ3v) is 3.98. The number of likely N-dealkylation sites (tertiary alicyclic amines) is 1. The van der Waals surface area contributed by atoms with E-state index < -0.39 is 0 Å². The van der Waals surface area contributed by atoms with E-state index in [0.717, 1.165) is 30.5 Å². The molecule has 0 amide bonds. The Hall–Kier alpha value is -1.32. The number of nitrogens with zero attached hydrogens (tertiary/aromatic N) is 2. The number of aromatic nitrogens is 2. The van der Waals surface area contributed by atoms with Crippen molar-refractivity contribution >= 4 is 11.6 Å². The number of aromatic amines is 1. The van der Waals surface area contributed by atoms with Crippen LogP contribution in [0.2, 0.25) is 5.02 Å². The summed E-state index contributed by atoms with van der Waals surface area (Å²) in [6.45, 7) is 5.17. The highest BCUT2D eigenvalue weighted by molar-refractivity contribution is 6.30. The molecule has 0 radical (unpaired) electrons. The Morgan fingerprint density at radius 2 is 2.37 bits per heavy atom. The number of rotatable bonds is 3. The largest absolute Gasteiger partial charge is 0.345 e. The molecule has 0 saturated carbocycles. The second-order valence-corrected chi connectivity index (χ2v) is 5.71. The minimum atomic E-state index is 0.600. The summed E-state index contributed by atoms with van der Waals surface area (Å²) in [7, 11) is 0. The molecular formula is C15H18ClN3. The quantitative estimate of drug-likeness (QED) is 0.931. The van der Waals surface area contributed by atoms with E-state index in [1.165, 1.54) is 17.7 Å². The van der Waals surface area contributed by atoms with Crippen LogP contribution in [0.3, 0.4) is 0 Å².